The molecule has 0 saturated carbocycles. The summed E-state index contributed by atoms with van der Waals surface area (Å²) in [5, 5.41) is 11.2. The van der Waals surface area contributed by atoms with Crippen LogP contribution in [0.15, 0.2) is 24.3 Å². The van der Waals surface area contributed by atoms with Crippen molar-refractivity contribution in [2.45, 2.75) is 45.4 Å². The number of benzene rings is 1. The molecular formula is C16H24N2O5. The quantitative estimate of drug-likeness (QED) is 0.545. The molecule has 1 atom stereocenters. The third-order valence-corrected chi connectivity index (χ3v) is 2.92. The van der Waals surface area contributed by atoms with Gasteiger partial charge in [-0.15, -0.1) is 0 Å². The maximum Gasteiger partial charge on any atom is 0.408 e. The lowest BCUT2D eigenvalue weighted by molar-refractivity contribution is -0.143. The van der Waals surface area contributed by atoms with E-state index in [0.29, 0.717) is 6.54 Å². The molecule has 23 heavy (non-hydrogen) atoms. The highest BCUT2D eigenvalue weighted by molar-refractivity contribution is 5.81. The van der Waals surface area contributed by atoms with E-state index >= 15 is 0 Å². The minimum Gasteiger partial charge on any atom is -0.467 e. The molecule has 1 aromatic carbocycles. The summed E-state index contributed by atoms with van der Waals surface area (Å²) < 4.78 is 9.88. The van der Waals surface area contributed by atoms with Gasteiger partial charge in [0.25, 0.3) is 0 Å². The highest BCUT2D eigenvalue weighted by atomic mass is 16.6. The van der Waals surface area contributed by atoms with Crippen molar-refractivity contribution < 1.29 is 24.3 Å². The Hall–Kier alpha value is -2.12. The molecule has 128 valence electrons. The molecule has 0 heterocycles. The van der Waals surface area contributed by atoms with Gasteiger partial charge in [0.1, 0.15) is 11.6 Å². The third-order valence-electron chi connectivity index (χ3n) is 2.92. The average molecular weight is 324 g/mol. The summed E-state index contributed by atoms with van der Waals surface area (Å²) >= 11 is 0. The first-order chi connectivity index (χ1) is 10.7. The van der Waals surface area contributed by atoms with Gasteiger partial charge < -0.3 is 20.0 Å². The lowest BCUT2D eigenvalue weighted by atomic mass is 10.0. The first-order valence-corrected chi connectivity index (χ1v) is 7.27. The molecule has 0 spiro atoms. The SMILES string of the molecule is COC(=O)C(Cc1ccc(CNO)cc1)NC(=O)OC(C)(C)C. The van der Waals surface area contributed by atoms with Crippen molar-refractivity contribution in [1.82, 2.24) is 10.8 Å². The summed E-state index contributed by atoms with van der Waals surface area (Å²) in [6.07, 6.45) is -0.396. The Morgan fingerprint density at radius 2 is 1.74 bits per heavy atom. The number of hydrogen-bond acceptors (Lipinski definition) is 6. The van der Waals surface area contributed by atoms with E-state index in [2.05, 4.69) is 10.8 Å². The zero-order chi connectivity index (χ0) is 17.5. The third kappa shape index (κ3) is 7.12. The molecule has 0 aliphatic heterocycles. The van der Waals surface area contributed by atoms with Crippen LogP contribution in [0.1, 0.15) is 31.9 Å². The highest BCUT2D eigenvalue weighted by Crippen LogP contribution is 2.10. The molecule has 0 radical (unpaired) electrons. The van der Waals surface area contributed by atoms with Crippen LogP contribution in [-0.4, -0.2) is 36.0 Å². The summed E-state index contributed by atoms with van der Waals surface area (Å²) in [6, 6.07) is 6.44. The lowest BCUT2D eigenvalue weighted by Gasteiger charge is -2.22. The summed E-state index contributed by atoms with van der Waals surface area (Å²) in [5.74, 6) is -0.544. The number of nitrogens with one attached hydrogen (secondary N) is 2. The van der Waals surface area contributed by atoms with E-state index in [1.807, 2.05) is 24.3 Å². The van der Waals surface area contributed by atoms with Gasteiger partial charge in [-0.25, -0.2) is 15.1 Å². The van der Waals surface area contributed by atoms with Gasteiger partial charge in [-0.1, -0.05) is 24.3 Å². The van der Waals surface area contributed by atoms with Gasteiger partial charge in [0.2, 0.25) is 0 Å². The van der Waals surface area contributed by atoms with Crippen LogP contribution in [0, 0.1) is 0 Å². The molecule has 1 amide bonds. The minimum absolute atomic E-state index is 0.277. The molecular weight excluding hydrogens is 300 g/mol. The van der Waals surface area contributed by atoms with E-state index in [4.69, 9.17) is 14.7 Å². The number of hydrogen-bond donors (Lipinski definition) is 3. The van der Waals surface area contributed by atoms with Crippen molar-refractivity contribution >= 4 is 12.1 Å². The number of rotatable bonds is 6. The number of carbonyl (C=O) groups is 2. The number of carbonyl (C=O) groups excluding carboxylic acids is 2. The Kier molecular flexibility index (Phi) is 6.99. The standard InChI is InChI=1S/C16H24N2O5/c1-16(2,3)23-15(20)18-13(14(19)22-4)9-11-5-7-12(8-6-11)10-17-21/h5-8,13,17,21H,9-10H2,1-4H3,(H,18,20). The predicted octanol–water partition coefficient (Wildman–Crippen LogP) is 1.77. The van der Waals surface area contributed by atoms with Gasteiger partial charge >= 0.3 is 12.1 Å². The van der Waals surface area contributed by atoms with Gasteiger partial charge in [-0.3, -0.25) is 0 Å². The molecule has 1 unspecified atom stereocenters. The fourth-order valence-electron chi connectivity index (χ4n) is 1.91. The fraction of sp³-hybridized carbons (Fsp3) is 0.500. The van der Waals surface area contributed by atoms with Crippen LogP contribution in [0.2, 0.25) is 0 Å². The molecule has 0 aliphatic carbocycles. The molecule has 1 aromatic rings. The lowest BCUT2D eigenvalue weighted by Crippen LogP contribution is -2.45. The van der Waals surface area contributed by atoms with E-state index in [-0.39, 0.29) is 6.42 Å². The zero-order valence-electron chi connectivity index (χ0n) is 13.9. The summed E-state index contributed by atoms with van der Waals surface area (Å²) in [6.45, 7) is 5.56. The molecule has 7 nitrogen and oxygen atoms in total. The smallest absolute Gasteiger partial charge is 0.408 e. The van der Waals surface area contributed by atoms with Crippen molar-refractivity contribution in [3.05, 3.63) is 35.4 Å². The van der Waals surface area contributed by atoms with Crippen LogP contribution < -0.4 is 10.8 Å². The van der Waals surface area contributed by atoms with E-state index in [9.17, 15) is 9.59 Å². The van der Waals surface area contributed by atoms with Crippen LogP contribution in [0.5, 0.6) is 0 Å². The Morgan fingerprint density at radius 1 is 1.17 bits per heavy atom. The van der Waals surface area contributed by atoms with Crippen molar-refractivity contribution in [3.63, 3.8) is 0 Å². The molecule has 3 N–H and O–H groups in total. The van der Waals surface area contributed by atoms with Gasteiger partial charge in [0.15, 0.2) is 0 Å². The summed E-state index contributed by atoms with van der Waals surface area (Å²) in [7, 11) is 1.27. The van der Waals surface area contributed by atoms with E-state index < -0.39 is 23.7 Å². The molecule has 0 fully saturated rings. The van der Waals surface area contributed by atoms with Gasteiger partial charge in [-0.05, 0) is 31.9 Å². The number of hydroxylamine groups is 1. The topological polar surface area (TPSA) is 96.9 Å². The van der Waals surface area contributed by atoms with Crippen LogP contribution in [0.3, 0.4) is 0 Å². The first-order valence-electron chi connectivity index (χ1n) is 7.27. The van der Waals surface area contributed by atoms with Crippen LogP contribution in [0.4, 0.5) is 4.79 Å². The van der Waals surface area contributed by atoms with Crippen molar-refractivity contribution in [2.24, 2.45) is 0 Å². The van der Waals surface area contributed by atoms with Crippen LogP contribution >= 0.6 is 0 Å². The number of ether oxygens (including phenoxy) is 2. The Balaban J connectivity index is 2.74. The van der Waals surface area contributed by atoms with Crippen molar-refractivity contribution in [1.29, 1.82) is 0 Å². The number of methoxy groups -OCH3 is 1. The number of alkyl carbamates (subject to hydrolysis) is 1. The highest BCUT2D eigenvalue weighted by Gasteiger charge is 2.25. The second-order valence-electron chi connectivity index (χ2n) is 6.08. The van der Waals surface area contributed by atoms with Crippen molar-refractivity contribution in [3.8, 4) is 0 Å². The van der Waals surface area contributed by atoms with Gasteiger partial charge in [-0.2, -0.15) is 0 Å². The molecule has 0 saturated heterocycles. The average Bonchev–Trinajstić information content (AvgIpc) is 2.46. The maximum absolute atomic E-state index is 11.9. The summed E-state index contributed by atoms with van der Waals surface area (Å²) in [5.41, 5.74) is 3.16. The first kappa shape index (κ1) is 18.9. The normalized spacial score (nSPS) is 12.4. The molecule has 0 aliphatic rings. The Labute approximate surface area is 135 Å². The fourth-order valence-corrected chi connectivity index (χ4v) is 1.91. The molecule has 0 bridgehead atoms. The van der Waals surface area contributed by atoms with E-state index in [0.717, 1.165) is 11.1 Å². The van der Waals surface area contributed by atoms with E-state index in [1.165, 1.54) is 7.11 Å². The molecule has 0 aromatic heterocycles. The second-order valence-corrected chi connectivity index (χ2v) is 6.08. The molecule has 7 heteroatoms. The number of esters is 1. The monoisotopic (exact) mass is 324 g/mol. The predicted molar refractivity (Wildman–Crippen MR) is 83.9 cm³/mol. The zero-order valence-corrected chi connectivity index (χ0v) is 13.9. The Morgan fingerprint density at radius 3 is 2.22 bits per heavy atom. The maximum atomic E-state index is 11.9. The number of amides is 1. The van der Waals surface area contributed by atoms with Gasteiger partial charge in [0.05, 0.1) is 7.11 Å². The van der Waals surface area contributed by atoms with Crippen molar-refractivity contribution in [2.75, 3.05) is 7.11 Å². The van der Waals surface area contributed by atoms with Crippen LogP contribution in [-0.2, 0) is 27.2 Å². The van der Waals surface area contributed by atoms with E-state index in [1.54, 1.807) is 20.8 Å². The van der Waals surface area contributed by atoms with Crippen LogP contribution in [0.25, 0.3) is 0 Å². The molecule has 1 rings (SSSR count). The Bertz CT molecular complexity index is 522. The minimum atomic E-state index is -0.836. The largest absolute Gasteiger partial charge is 0.467 e. The second kappa shape index (κ2) is 8.50. The summed E-state index contributed by atoms with van der Waals surface area (Å²) in [4.78, 5) is 23.7. The van der Waals surface area contributed by atoms with Gasteiger partial charge in [0, 0.05) is 13.0 Å².